The van der Waals surface area contributed by atoms with Crippen molar-refractivity contribution >= 4 is 29.1 Å². The Bertz CT molecular complexity index is 1100. The van der Waals surface area contributed by atoms with E-state index in [0.717, 1.165) is 22.4 Å². The molecule has 0 aliphatic rings. The second-order valence-electron chi connectivity index (χ2n) is 7.14. The normalized spacial score (nSPS) is 10.7. The van der Waals surface area contributed by atoms with Crippen LogP contribution in [0.1, 0.15) is 32.7 Å². The molecule has 0 bridgehead atoms. The number of carbonyl (C=O) groups is 2. The second-order valence-corrected chi connectivity index (χ2v) is 7.50. The van der Waals surface area contributed by atoms with E-state index in [-0.39, 0.29) is 29.0 Å². The fourth-order valence-electron chi connectivity index (χ4n) is 3.32. The highest BCUT2D eigenvalue weighted by Crippen LogP contribution is 2.24. The Morgan fingerprint density at radius 3 is 2.27 bits per heavy atom. The van der Waals surface area contributed by atoms with E-state index in [1.165, 1.54) is 28.9 Å². The lowest BCUT2D eigenvalue weighted by Gasteiger charge is -2.13. The zero-order chi connectivity index (χ0) is 22.0. The van der Waals surface area contributed by atoms with Crippen LogP contribution in [0.4, 0.5) is 10.1 Å². The summed E-state index contributed by atoms with van der Waals surface area (Å²) in [5, 5.41) is 9.75. The maximum absolute atomic E-state index is 13.2. The molecule has 3 aromatic rings. The average Bonchev–Trinajstić information content (AvgIpc) is 2.97. The van der Waals surface area contributed by atoms with E-state index in [2.05, 4.69) is 15.7 Å². The molecular weight excluding hydrogens is 407 g/mol. The highest BCUT2D eigenvalue weighted by molar-refractivity contribution is 6.33. The van der Waals surface area contributed by atoms with Crippen LogP contribution in [0.25, 0.3) is 5.69 Å². The number of aryl methyl sites for hydroxylation is 4. The Balaban J connectivity index is 1.71. The SMILES string of the molecule is Cc1cc(C)c(NC(=O)CNC(=O)c2c(C)nn(-c3ccc(F)cc3)c2Cl)c(C)c1. The van der Waals surface area contributed by atoms with E-state index < -0.39 is 5.91 Å². The standard InChI is InChI=1S/C22H22ClFN4O2/c1-12-9-13(2)20(14(3)10-12)26-18(29)11-25-22(30)19-15(4)27-28(21(19)23)17-7-5-16(24)6-8-17/h5-10H,11H2,1-4H3,(H,25,30)(H,26,29). The minimum Gasteiger partial charge on any atom is -0.343 e. The summed E-state index contributed by atoms with van der Waals surface area (Å²) in [7, 11) is 0. The summed E-state index contributed by atoms with van der Waals surface area (Å²) in [5.41, 5.74) is 4.83. The molecule has 0 spiro atoms. The minimum absolute atomic E-state index is 0.0854. The van der Waals surface area contributed by atoms with E-state index in [4.69, 9.17) is 11.6 Å². The molecule has 0 saturated heterocycles. The topological polar surface area (TPSA) is 76.0 Å². The molecule has 0 saturated carbocycles. The first-order valence-electron chi connectivity index (χ1n) is 9.34. The summed E-state index contributed by atoms with van der Waals surface area (Å²) >= 11 is 6.35. The van der Waals surface area contributed by atoms with E-state index in [9.17, 15) is 14.0 Å². The maximum Gasteiger partial charge on any atom is 0.256 e. The number of anilines is 1. The Hall–Kier alpha value is -3.19. The van der Waals surface area contributed by atoms with Crippen LogP contribution >= 0.6 is 11.6 Å². The van der Waals surface area contributed by atoms with Crippen molar-refractivity contribution in [2.24, 2.45) is 0 Å². The molecule has 0 aliphatic carbocycles. The van der Waals surface area contributed by atoms with Crippen molar-refractivity contribution in [1.29, 1.82) is 0 Å². The van der Waals surface area contributed by atoms with Gasteiger partial charge < -0.3 is 10.6 Å². The van der Waals surface area contributed by atoms with Gasteiger partial charge in [0.25, 0.3) is 5.91 Å². The number of nitrogens with zero attached hydrogens (tertiary/aromatic N) is 2. The highest BCUT2D eigenvalue weighted by Gasteiger charge is 2.21. The quantitative estimate of drug-likeness (QED) is 0.637. The lowest BCUT2D eigenvalue weighted by atomic mass is 10.1. The number of benzene rings is 2. The van der Waals surface area contributed by atoms with Gasteiger partial charge in [-0.25, -0.2) is 9.07 Å². The zero-order valence-corrected chi connectivity index (χ0v) is 17.9. The van der Waals surface area contributed by atoms with Crippen molar-refractivity contribution in [1.82, 2.24) is 15.1 Å². The fourth-order valence-corrected chi connectivity index (χ4v) is 3.68. The third-order valence-electron chi connectivity index (χ3n) is 4.65. The molecule has 30 heavy (non-hydrogen) atoms. The summed E-state index contributed by atoms with van der Waals surface area (Å²) in [6.45, 7) is 7.25. The zero-order valence-electron chi connectivity index (χ0n) is 17.1. The van der Waals surface area contributed by atoms with Crippen LogP contribution in [-0.4, -0.2) is 28.1 Å². The molecule has 0 unspecified atom stereocenters. The van der Waals surface area contributed by atoms with Crippen LogP contribution in [0.15, 0.2) is 36.4 Å². The third-order valence-corrected chi connectivity index (χ3v) is 5.00. The molecule has 0 atom stereocenters. The monoisotopic (exact) mass is 428 g/mol. The predicted molar refractivity (Wildman–Crippen MR) is 115 cm³/mol. The predicted octanol–water partition coefficient (Wildman–Crippen LogP) is 4.27. The van der Waals surface area contributed by atoms with Gasteiger partial charge >= 0.3 is 0 Å². The molecule has 2 aromatic carbocycles. The molecule has 1 aromatic heterocycles. The maximum atomic E-state index is 13.2. The van der Waals surface area contributed by atoms with Crippen molar-refractivity contribution in [2.75, 3.05) is 11.9 Å². The van der Waals surface area contributed by atoms with Gasteiger partial charge in [-0.15, -0.1) is 0 Å². The second kappa shape index (κ2) is 8.67. The van der Waals surface area contributed by atoms with E-state index in [1.807, 2.05) is 32.9 Å². The van der Waals surface area contributed by atoms with Crippen LogP contribution in [0, 0.1) is 33.5 Å². The molecule has 0 fully saturated rings. The number of carbonyl (C=O) groups excluding carboxylic acids is 2. The van der Waals surface area contributed by atoms with Crippen LogP contribution in [-0.2, 0) is 4.79 Å². The molecule has 0 radical (unpaired) electrons. The highest BCUT2D eigenvalue weighted by atomic mass is 35.5. The molecular formula is C22H22ClFN4O2. The molecule has 6 nitrogen and oxygen atoms in total. The smallest absolute Gasteiger partial charge is 0.256 e. The first kappa shape index (κ1) is 21.5. The molecule has 8 heteroatoms. The van der Waals surface area contributed by atoms with E-state index >= 15 is 0 Å². The lowest BCUT2D eigenvalue weighted by Crippen LogP contribution is -2.33. The lowest BCUT2D eigenvalue weighted by molar-refractivity contribution is -0.115. The summed E-state index contributed by atoms with van der Waals surface area (Å²) < 4.78 is 14.5. The largest absolute Gasteiger partial charge is 0.343 e. The van der Waals surface area contributed by atoms with Gasteiger partial charge in [-0.3, -0.25) is 9.59 Å². The number of hydrogen-bond acceptors (Lipinski definition) is 3. The van der Waals surface area contributed by atoms with Crippen LogP contribution < -0.4 is 10.6 Å². The third kappa shape index (κ3) is 4.52. The Morgan fingerprint density at radius 1 is 1.07 bits per heavy atom. The Kier molecular flexibility index (Phi) is 6.22. The summed E-state index contributed by atoms with van der Waals surface area (Å²) in [6, 6.07) is 9.54. The molecule has 156 valence electrons. The number of amides is 2. The van der Waals surface area contributed by atoms with Crippen molar-refractivity contribution in [3.05, 3.63) is 75.3 Å². The molecule has 1 heterocycles. The van der Waals surface area contributed by atoms with Crippen LogP contribution in [0.2, 0.25) is 5.15 Å². The van der Waals surface area contributed by atoms with Crippen molar-refractivity contribution < 1.29 is 14.0 Å². The van der Waals surface area contributed by atoms with Crippen LogP contribution in [0.5, 0.6) is 0 Å². The van der Waals surface area contributed by atoms with Gasteiger partial charge in [-0.2, -0.15) is 5.10 Å². The number of hydrogen-bond donors (Lipinski definition) is 2. The summed E-state index contributed by atoms with van der Waals surface area (Å²) in [5.74, 6) is -1.25. The number of aromatic nitrogens is 2. The Labute approximate surface area is 179 Å². The molecule has 2 amide bonds. The Morgan fingerprint density at radius 2 is 1.67 bits per heavy atom. The van der Waals surface area contributed by atoms with E-state index in [0.29, 0.717) is 11.4 Å². The molecule has 2 N–H and O–H groups in total. The van der Waals surface area contributed by atoms with Gasteiger partial charge in [-0.05, 0) is 63.1 Å². The van der Waals surface area contributed by atoms with Gasteiger partial charge in [0.15, 0.2) is 0 Å². The van der Waals surface area contributed by atoms with Crippen LogP contribution in [0.3, 0.4) is 0 Å². The number of rotatable bonds is 5. The van der Waals surface area contributed by atoms with Gasteiger partial charge in [0, 0.05) is 5.69 Å². The van der Waals surface area contributed by atoms with Crippen molar-refractivity contribution in [3.63, 3.8) is 0 Å². The summed E-state index contributed by atoms with van der Waals surface area (Å²) in [4.78, 5) is 25.0. The molecule has 0 aliphatic heterocycles. The van der Waals surface area contributed by atoms with Gasteiger partial charge in [-0.1, -0.05) is 29.3 Å². The minimum atomic E-state index is -0.515. The van der Waals surface area contributed by atoms with Gasteiger partial charge in [0.05, 0.1) is 23.5 Å². The fraction of sp³-hybridized carbons (Fsp3) is 0.227. The number of nitrogens with one attached hydrogen (secondary N) is 2. The van der Waals surface area contributed by atoms with Crippen molar-refractivity contribution in [3.8, 4) is 5.69 Å². The summed E-state index contributed by atoms with van der Waals surface area (Å²) in [6.07, 6.45) is 0. The van der Waals surface area contributed by atoms with Gasteiger partial charge in [0.1, 0.15) is 11.0 Å². The first-order valence-corrected chi connectivity index (χ1v) is 9.72. The molecule has 3 rings (SSSR count). The van der Waals surface area contributed by atoms with Crippen molar-refractivity contribution in [2.45, 2.75) is 27.7 Å². The van der Waals surface area contributed by atoms with Gasteiger partial charge in [0.2, 0.25) is 5.91 Å². The number of halogens is 2. The average molecular weight is 429 g/mol. The van der Waals surface area contributed by atoms with E-state index in [1.54, 1.807) is 6.92 Å². The first-order chi connectivity index (χ1) is 14.2.